The first kappa shape index (κ1) is 54.7. The predicted octanol–water partition coefficient (Wildman–Crippen LogP) is 25.6. The molecule has 0 amide bonds. The topological polar surface area (TPSA) is 0 Å². The van der Waals surface area contributed by atoms with Crippen molar-refractivity contribution in [2.45, 2.75) is 25.2 Å². The van der Waals surface area contributed by atoms with Gasteiger partial charge >= 0.3 is 0 Å². The van der Waals surface area contributed by atoms with Gasteiger partial charge in [0.05, 0.1) is 0 Å². The van der Waals surface area contributed by atoms with Crippen LogP contribution in [0.15, 0.2) is 346 Å². The average molecular weight is 1170 g/mol. The molecule has 432 valence electrons. The lowest BCUT2D eigenvalue weighted by molar-refractivity contribution is 0.616. The van der Waals surface area contributed by atoms with Crippen molar-refractivity contribution in [2.24, 2.45) is 0 Å². The van der Waals surface area contributed by atoms with Crippen LogP contribution in [0.1, 0.15) is 35.4 Å². The Morgan fingerprint density at radius 2 is 0.576 bits per heavy atom. The molecule has 0 heteroatoms. The van der Waals surface area contributed by atoms with Gasteiger partial charge in [0.1, 0.15) is 0 Å². The summed E-state index contributed by atoms with van der Waals surface area (Å²) in [6.45, 7) is 0. The third kappa shape index (κ3) is 9.71. The summed E-state index contributed by atoms with van der Waals surface area (Å²) in [5, 5.41) is 17.9. The first-order valence-electron chi connectivity index (χ1n) is 32.5. The van der Waals surface area contributed by atoms with Crippen LogP contribution in [0.5, 0.6) is 0 Å². The fourth-order valence-corrected chi connectivity index (χ4v) is 15.4. The third-order valence-electron chi connectivity index (χ3n) is 19.6. The van der Waals surface area contributed by atoms with Gasteiger partial charge in [0.15, 0.2) is 0 Å². The van der Waals surface area contributed by atoms with Crippen molar-refractivity contribution in [2.75, 3.05) is 0 Å². The van der Waals surface area contributed by atoms with Crippen LogP contribution >= 0.6 is 0 Å². The molecule has 0 aliphatic heterocycles. The van der Waals surface area contributed by atoms with E-state index in [1.807, 2.05) is 0 Å². The Balaban J connectivity index is 0.000000141. The zero-order valence-corrected chi connectivity index (χ0v) is 51.1. The van der Waals surface area contributed by atoms with Gasteiger partial charge in [-0.15, -0.1) is 0 Å². The van der Waals surface area contributed by atoms with E-state index < -0.39 is 0 Å². The van der Waals surface area contributed by atoms with Crippen LogP contribution in [0.3, 0.4) is 0 Å². The van der Waals surface area contributed by atoms with Crippen LogP contribution in [-0.2, 0) is 6.42 Å². The van der Waals surface area contributed by atoms with Gasteiger partial charge in [-0.2, -0.15) is 0 Å². The highest BCUT2D eigenvalue weighted by Crippen LogP contribution is 2.49. The van der Waals surface area contributed by atoms with Crippen LogP contribution in [0.2, 0.25) is 0 Å². The lowest BCUT2D eigenvalue weighted by atomic mass is 9.78. The van der Waals surface area contributed by atoms with Crippen molar-refractivity contribution >= 4 is 75.4 Å². The first-order chi connectivity index (χ1) is 45.7. The van der Waals surface area contributed by atoms with Gasteiger partial charge in [0.2, 0.25) is 0 Å². The summed E-state index contributed by atoms with van der Waals surface area (Å²) >= 11 is 0. The molecular weight excluding hydrogens is 1110 g/mol. The van der Waals surface area contributed by atoms with Gasteiger partial charge in [0, 0.05) is 5.92 Å². The minimum absolute atomic E-state index is 0.443. The lowest BCUT2D eigenvalue weighted by Crippen LogP contribution is -2.10. The summed E-state index contributed by atoms with van der Waals surface area (Å²) in [6.07, 6.45) is 3.63. The van der Waals surface area contributed by atoms with Crippen LogP contribution in [0.4, 0.5) is 0 Å². The number of aryl methyl sites for hydroxylation is 1. The molecule has 0 nitrogen and oxygen atoms in total. The molecule has 1 aliphatic rings. The maximum absolute atomic E-state index is 2.48. The Labute approximate surface area is 537 Å². The summed E-state index contributed by atoms with van der Waals surface area (Å²) in [6, 6.07) is 127. The fourth-order valence-electron chi connectivity index (χ4n) is 15.4. The molecule has 0 spiro atoms. The maximum atomic E-state index is 2.48. The highest BCUT2D eigenvalue weighted by Gasteiger charge is 2.24. The van der Waals surface area contributed by atoms with Gasteiger partial charge in [-0.3, -0.25) is 0 Å². The van der Waals surface area contributed by atoms with Crippen molar-refractivity contribution < 1.29 is 0 Å². The van der Waals surface area contributed by atoms with Gasteiger partial charge in [-0.25, -0.2) is 0 Å². The van der Waals surface area contributed by atoms with Gasteiger partial charge in [0.25, 0.3) is 0 Å². The molecule has 0 heterocycles. The number of benzene rings is 17. The average Bonchev–Trinajstić information content (AvgIpc) is 0.763. The highest BCUT2D eigenvalue weighted by atomic mass is 14.3. The molecule has 17 aromatic carbocycles. The molecule has 92 heavy (non-hydrogen) atoms. The summed E-state index contributed by atoms with van der Waals surface area (Å²) in [5.74, 6) is 0.443. The monoisotopic (exact) mass is 1170 g/mol. The third-order valence-corrected chi connectivity index (χ3v) is 19.6. The molecule has 0 fully saturated rings. The first-order valence-corrected chi connectivity index (χ1v) is 32.5. The predicted molar refractivity (Wildman–Crippen MR) is 395 cm³/mol. The molecule has 18 rings (SSSR count). The van der Waals surface area contributed by atoms with E-state index in [2.05, 4.69) is 346 Å². The molecule has 0 N–H and O–H groups in total. The van der Waals surface area contributed by atoms with E-state index in [0.29, 0.717) is 5.92 Å². The van der Waals surface area contributed by atoms with Gasteiger partial charge in [-0.1, -0.05) is 334 Å². The Morgan fingerprint density at radius 1 is 0.207 bits per heavy atom. The quantitative estimate of drug-likeness (QED) is 0.133. The number of hydrogen-bond donors (Lipinski definition) is 0. The summed E-state index contributed by atoms with van der Waals surface area (Å²) in [7, 11) is 0. The highest BCUT2D eigenvalue weighted by molar-refractivity contribution is 6.25. The summed E-state index contributed by atoms with van der Waals surface area (Å²) in [5.41, 5.74) is 22.2. The normalized spacial score (nSPS) is 13.0. The van der Waals surface area contributed by atoms with E-state index in [-0.39, 0.29) is 0 Å². The second-order valence-electron chi connectivity index (χ2n) is 24.8. The number of fused-ring (bicyclic) bond motifs is 8. The van der Waals surface area contributed by atoms with Crippen molar-refractivity contribution in [1.29, 1.82) is 0 Å². The standard InChI is InChI=1S/C46H34.C46H30/c1-2-13-31(14-3-1)33-27-28-39-34(29-33)18-12-26-40(39)46-43-23-8-6-21-41(43)45(42-22-7-9-24-44(42)46)36-19-10-17-35(30-36)38-25-11-16-32-15-4-5-20-37(32)38;1-2-12-31(13-3-1)35-28-29-39-36(30-35)16-11-23-40(39)46-43-20-8-6-18-41(43)45(42-19-7-9-21-44(42)46)34-26-24-33(25-27-34)38-22-10-15-32-14-4-5-17-37(32)38/h1-10,12-15,17-24,26-30,38H,11,16,25H2;1-30H. The van der Waals surface area contributed by atoms with Crippen molar-refractivity contribution in [1.82, 2.24) is 0 Å². The van der Waals surface area contributed by atoms with E-state index in [0.717, 1.165) is 0 Å². The zero-order valence-electron chi connectivity index (χ0n) is 51.1. The van der Waals surface area contributed by atoms with E-state index in [1.165, 1.54) is 189 Å². The Morgan fingerprint density at radius 3 is 1.11 bits per heavy atom. The van der Waals surface area contributed by atoms with Crippen LogP contribution in [-0.4, -0.2) is 0 Å². The molecule has 0 bridgehead atoms. The van der Waals surface area contributed by atoms with Crippen LogP contribution in [0.25, 0.3) is 153 Å². The van der Waals surface area contributed by atoms with Crippen molar-refractivity contribution in [3.8, 4) is 77.9 Å². The summed E-state index contributed by atoms with van der Waals surface area (Å²) < 4.78 is 0. The minimum Gasteiger partial charge on any atom is -0.0622 e. The lowest BCUT2D eigenvalue weighted by Gasteiger charge is -2.26. The van der Waals surface area contributed by atoms with Crippen molar-refractivity contribution in [3.05, 3.63) is 362 Å². The van der Waals surface area contributed by atoms with E-state index >= 15 is 0 Å². The molecule has 0 aromatic heterocycles. The van der Waals surface area contributed by atoms with E-state index in [4.69, 9.17) is 0 Å². The molecule has 0 saturated carbocycles. The molecular formula is C92H64. The Kier molecular flexibility index (Phi) is 14.0. The molecule has 1 atom stereocenters. The van der Waals surface area contributed by atoms with Gasteiger partial charge < -0.3 is 0 Å². The second-order valence-corrected chi connectivity index (χ2v) is 24.8. The smallest absolute Gasteiger partial charge is 0.00924 e. The molecule has 1 aliphatic carbocycles. The molecule has 0 radical (unpaired) electrons. The number of hydrogen-bond acceptors (Lipinski definition) is 0. The molecule has 0 saturated heterocycles. The summed E-state index contributed by atoms with van der Waals surface area (Å²) in [4.78, 5) is 0. The minimum atomic E-state index is 0.443. The Bertz CT molecular complexity index is 5540. The fraction of sp³-hybridized carbons (Fsp3) is 0.0435. The van der Waals surface area contributed by atoms with E-state index in [9.17, 15) is 0 Å². The SMILES string of the molecule is c1ccc(-c2ccc3c(-c4c5ccccc5c(-c5ccc(-c6cccc7ccccc67)cc5)c5ccccc45)cccc3c2)cc1.c1ccc(-c2ccc3c(-c4c5ccccc5c(-c5cccc(C6CCCc7ccccc76)c5)c5ccccc45)cccc3c2)cc1. The maximum Gasteiger partial charge on any atom is 0.00924 e. The number of rotatable bonds is 8. The van der Waals surface area contributed by atoms with Crippen LogP contribution < -0.4 is 0 Å². The van der Waals surface area contributed by atoms with E-state index in [1.54, 1.807) is 0 Å². The molecule has 1 unspecified atom stereocenters. The largest absolute Gasteiger partial charge is 0.0622 e. The zero-order chi connectivity index (χ0) is 60.9. The second kappa shape index (κ2) is 23.5. The van der Waals surface area contributed by atoms with Gasteiger partial charge in [-0.05, 0) is 201 Å². The van der Waals surface area contributed by atoms with Crippen LogP contribution in [0, 0.1) is 0 Å². The molecule has 17 aromatic rings. The Hall–Kier alpha value is -11.4. The van der Waals surface area contributed by atoms with Crippen molar-refractivity contribution in [3.63, 3.8) is 0 Å².